The molecule has 0 aromatic rings. The van der Waals surface area contributed by atoms with Crippen LogP contribution in [0.25, 0.3) is 0 Å². The first-order valence-electron chi connectivity index (χ1n) is 1.30. The molecule has 0 aliphatic rings. The second-order valence-corrected chi connectivity index (χ2v) is 2.01. The van der Waals surface area contributed by atoms with Crippen LogP contribution in [0.3, 0.4) is 0 Å². The summed E-state index contributed by atoms with van der Waals surface area (Å²) in [6.07, 6.45) is 0. The van der Waals surface area contributed by atoms with E-state index in [-0.39, 0.29) is 0 Å². The van der Waals surface area contributed by atoms with Gasteiger partial charge in [0.2, 0.25) is 0 Å². The molecule has 0 nitrogen and oxygen atoms in total. The summed E-state index contributed by atoms with van der Waals surface area (Å²) in [7, 11) is 2.17. The van der Waals surface area contributed by atoms with Crippen LogP contribution in [-0.2, 0) is 0 Å². The normalized spacial score (nSPS) is 6.50. The Morgan fingerprint density at radius 1 is 2.00 bits per heavy atom. The van der Waals surface area contributed by atoms with E-state index in [1.807, 2.05) is 0 Å². The number of hydrogen-bond acceptors (Lipinski definition) is 0. The van der Waals surface area contributed by atoms with Crippen molar-refractivity contribution in [2.75, 3.05) is 0 Å². The van der Waals surface area contributed by atoms with Gasteiger partial charge in [-0.25, -0.2) is 0 Å². The summed E-state index contributed by atoms with van der Waals surface area (Å²) in [4.78, 5) is 0. The van der Waals surface area contributed by atoms with E-state index >= 15 is 0 Å². The molecule has 0 spiro atoms. The third-order valence-electron chi connectivity index (χ3n) is 0.183. The van der Waals surface area contributed by atoms with Gasteiger partial charge in [-0.05, 0) is 0 Å². The monoisotopic (exact) mass is 249 g/mol. The second-order valence-electron chi connectivity index (χ2n) is 0.591. The van der Waals surface area contributed by atoms with Crippen LogP contribution < -0.4 is 0 Å². The van der Waals surface area contributed by atoms with Gasteiger partial charge in [0.05, 0.1) is 0 Å². The van der Waals surface area contributed by atoms with Crippen LogP contribution in [0.2, 0.25) is 10.9 Å². The van der Waals surface area contributed by atoms with Gasteiger partial charge in [0.25, 0.3) is 0 Å². The summed E-state index contributed by atoms with van der Waals surface area (Å²) in [5.41, 5.74) is 0. The summed E-state index contributed by atoms with van der Waals surface area (Å²) in [6, 6.07) is 0. The Morgan fingerprint density at radius 3 is 2.25 bits per heavy atom. The minimum absolute atomic E-state index is 1.31. The third-order valence-corrected chi connectivity index (χ3v) is 1.60. The molecule has 0 unspecified atom stereocenters. The molecule has 0 bridgehead atoms. The molecule has 0 aromatic carbocycles. The Hall–Kier alpha value is 0.948. The van der Waals surface area contributed by atoms with Crippen molar-refractivity contribution in [2.45, 2.75) is 10.9 Å². The Labute approximate surface area is 43.1 Å². The van der Waals surface area contributed by atoms with Crippen LogP contribution >= 0.6 is 0 Å². The fraction of sp³-hybridized carbons (Fsp3) is 1.00. The number of hydrogen-bond donors (Lipinski definition) is 0. The fourth-order valence-corrected chi connectivity index (χ4v) is 0. The van der Waals surface area contributed by atoms with Gasteiger partial charge in [-0.2, -0.15) is 0 Å². The van der Waals surface area contributed by atoms with Crippen LogP contribution in [0.4, 0.5) is 0 Å². The molecule has 21 valence electrons. The van der Waals surface area contributed by atoms with E-state index in [2.05, 4.69) is 14.1 Å². The van der Waals surface area contributed by atoms with Crippen LogP contribution in [0, 0.1) is 0 Å². The van der Waals surface area contributed by atoms with Crippen molar-refractivity contribution in [3.63, 3.8) is 0 Å². The van der Waals surface area contributed by atoms with Gasteiger partial charge in [0.15, 0.2) is 0 Å². The molecule has 0 aliphatic carbocycles. The van der Waals surface area contributed by atoms with Crippen molar-refractivity contribution in [1.82, 2.24) is 0 Å². The van der Waals surface area contributed by atoms with Crippen LogP contribution in [0.15, 0.2) is 0 Å². The summed E-state index contributed by atoms with van der Waals surface area (Å²) < 4.78 is 1.31. The zero-order valence-electron chi connectivity index (χ0n) is 2.73. The van der Waals surface area contributed by atoms with Gasteiger partial charge in [0.1, 0.15) is 0 Å². The van der Waals surface area contributed by atoms with Gasteiger partial charge < -0.3 is 0 Å². The molecule has 0 heterocycles. The molecule has 2 heteroatoms. The van der Waals surface area contributed by atoms with Crippen molar-refractivity contribution in [1.29, 1.82) is 0 Å². The van der Waals surface area contributed by atoms with Crippen molar-refractivity contribution in [3.05, 3.63) is 0 Å². The molecule has 0 saturated carbocycles. The Bertz CT molecular complexity index is 8.00. The first-order valence-corrected chi connectivity index (χ1v) is 3.76. The quantitative estimate of drug-likeness (QED) is 0.585. The Morgan fingerprint density at radius 2 is 2.25 bits per heavy atom. The molecular formula is C2H5BBi. The standard InChI is InChI=1S/C2H5B.Bi/c1-3-2;/h1H2,2H3;. The SMILES string of the molecule is C[B][CH2][Bi]. The van der Waals surface area contributed by atoms with Crippen LogP contribution in [0.5, 0.6) is 0 Å². The molecule has 0 fully saturated rings. The van der Waals surface area contributed by atoms with Gasteiger partial charge in [-0.1, -0.05) is 0 Å². The molecule has 0 atom stereocenters. The van der Waals surface area contributed by atoms with E-state index in [1.165, 1.54) is 28.7 Å². The molecule has 0 N–H and O–H groups in total. The summed E-state index contributed by atoms with van der Waals surface area (Å²) in [5, 5.41) is 0. The molecule has 0 saturated heterocycles. The molecule has 0 amide bonds. The summed E-state index contributed by atoms with van der Waals surface area (Å²) >= 11 is 1.49. The fourth-order valence-electron chi connectivity index (χ4n) is 0. The first kappa shape index (κ1) is 4.95. The van der Waals surface area contributed by atoms with E-state index in [0.717, 1.165) is 0 Å². The molecule has 0 aromatic heterocycles. The van der Waals surface area contributed by atoms with Crippen molar-refractivity contribution in [3.8, 4) is 0 Å². The maximum atomic E-state index is 2.17. The molecule has 0 rings (SSSR count). The zero-order chi connectivity index (χ0) is 3.41. The number of rotatable bonds is 1. The minimum atomic E-state index is 1.31. The van der Waals surface area contributed by atoms with E-state index in [0.29, 0.717) is 0 Å². The van der Waals surface area contributed by atoms with Gasteiger partial charge in [-0.3, -0.25) is 0 Å². The van der Waals surface area contributed by atoms with Gasteiger partial charge in [-0.15, -0.1) is 0 Å². The van der Waals surface area contributed by atoms with Crippen molar-refractivity contribution >= 4 is 32.0 Å². The van der Waals surface area contributed by atoms with E-state index in [1.54, 1.807) is 0 Å². The predicted molar refractivity (Wildman–Crippen MR) is 22.2 cm³/mol. The summed E-state index contributed by atoms with van der Waals surface area (Å²) in [5.74, 6) is 0. The zero-order valence-corrected chi connectivity index (χ0v) is 6.21. The molecular weight excluding hydrogens is 244 g/mol. The maximum absolute atomic E-state index is 2.17. The predicted octanol–water partition coefficient (Wildman–Crippen LogP) is 0.283. The van der Waals surface area contributed by atoms with Gasteiger partial charge in [0, 0.05) is 0 Å². The van der Waals surface area contributed by atoms with Crippen LogP contribution in [0.1, 0.15) is 0 Å². The topological polar surface area (TPSA) is 0 Å². The Balaban J connectivity index is 1.97. The van der Waals surface area contributed by atoms with Crippen molar-refractivity contribution in [2.24, 2.45) is 0 Å². The van der Waals surface area contributed by atoms with E-state index < -0.39 is 0 Å². The van der Waals surface area contributed by atoms with Crippen molar-refractivity contribution < 1.29 is 0 Å². The second kappa shape index (κ2) is 3.95. The molecule has 4 heavy (non-hydrogen) atoms. The van der Waals surface area contributed by atoms with Crippen LogP contribution in [-0.4, -0.2) is 32.0 Å². The van der Waals surface area contributed by atoms with E-state index in [9.17, 15) is 0 Å². The first-order chi connectivity index (χ1) is 1.91. The third kappa shape index (κ3) is 2.95. The Kier molecular flexibility index (Phi) is 4.88. The van der Waals surface area contributed by atoms with E-state index in [4.69, 9.17) is 0 Å². The molecule has 3 radical (unpaired) electrons. The average molecular weight is 249 g/mol. The average Bonchev–Trinajstić information content (AvgIpc) is 1.37. The molecule has 0 aliphatic heterocycles. The van der Waals surface area contributed by atoms with Gasteiger partial charge >= 0.3 is 42.8 Å². The summed E-state index contributed by atoms with van der Waals surface area (Å²) in [6.45, 7) is 2.08.